The number of carbonyl (C=O) groups is 1. The van der Waals surface area contributed by atoms with Crippen LogP contribution in [0.2, 0.25) is 0 Å². The van der Waals surface area contributed by atoms with Gasteiger partial charge in [-0.05, 0) is 6.07 Å². The molecule has 0 aliphatic carbocycles. The highest BCUT2D eigenvalue weighted by atomic mass is 79.9. The number of rotatable bonds is 3. The summed E-state index contributed by atoms with van der Waals surface area (Å²) in [5, 5.41) is 8.87. The SMILES string of the molecule is O=C(O)c1c(C(F)F)ccnc1CBr. The quantitative estimate of drug-likeness (QED) is 0.855. The summed E-state index contributed by atoms with van der Waals surface area (Å²) in [6.07, 6.45) is -1.63. The summed E-state index contributed by atoms with van der Waals surface area (Å²) in [6, 6.07) is 1.01. The second-order valence-electron chi connectivity index (χ2n) is 2.46. The van der Waals surface area contributed by atoms with Gasteiger partial charge in [-0.15, -0.1) is 0 Å². The summed E-state index contributed by atoms with van der Waals surface area (Å²) in [4.78, 5) is 14.4. The predicted octanol–water partition coefficient (Wildman–Crippen LogP) is 2.61. The van der Waals surface area contributed by atoms with Crippen LogP contribution in [0.1, 0.15) is 28.0 Å². The van der Waals surface area contributed by atoms with Crippen LogP contribution < -0.4 is 0 Å². The minimum atomic E-state index is -2.80. The third kappa shape index (κ3) is 2.06. The maximum atomic E-state index is 12.4. The molecular formula is C8H6BrF2NO2. The number of halogens is 3. The Morgan fingerprint density at radius 3 is 2.71 bits per heavy atom. The molecule has 0 saturated carbocycles. The number of carboxylic acids is 1. The molecule has 14 heavy (non-hydrogen) atoms. The number of hydrogen-bond donors (Lipinski definition) is 1. The average Bonchev–Trinajstić information content (AvgIpc) is 2.16. The average molecular weight is 266 g/mol. The van der Waals surface area contributed by atoms with Gasteiger partial charge in [-0.25, -0.2) is 13.6 Å². The normalized spacial score (nSPS) is 10.6. The number of hydrogen-bond acceptors (Lipinski definition) is 2. The first-order valence-electron chi connectivity index (χ1n) is 3.63. The Kier molecular flexibility index (Phi) is 3.51. The van der Waals surface area contributed by atoms with E-state index in [1.807, 2.05) is 0 Å². The van der Waals surface area contributed by atoms with Crippen LogP contribution in [0, 0.1) is 0 Å². The van der Waals surface area contributed by atoms with Gasteiger partial charge in [-0.1, -0.05) is 15.9 Å². The molecule has 1 rings (SSSR count). The third-order valence-electron chi connectivity index (χ3n) is 1.64. The van der Waals surface area contributed by atoms with Crippen LogP contribution in [0.15, 0.2) is 12.3 Å². The fourth-order valence-corrected chi connectivity index (χ4v) is 1.48. The van der Waals surface area contributed by atoms with E-state index in [0.717, 1.165) is 6.07 Å². The van der Waals surface area contributed by atoms with Crippen molar-refractivity contribution in [2.45, 2.75) is 11.8 Å². The van der Waals surface area contributed by atoms with E-state index < -0.39 is 23.5 Å². The van der Waals surface area contributed by atoms with Crippen LogP contribution in [-0.4, -0.2) is 16.1 Å². The summed E-state index contributed by atoms with van der Waals surface area (Å²) in [5.41, 5.74) is -0.809. The Balaban J connectivity index is 3.35. The monoisotopic (exact) mass is 265 g/mol. The maximum absolute atomic E-state index is 12.4. The van der Waals surface area contributed by atoms with Crippen molar-refractivity contribution < 1.29 is 18.7 Å². The lowest BCUT2D eigenvalue weighted by Gasteiger charge is -2.07. The van der Waals surface area contributed by atoms with Gasteiger partial charge in [0.2, 0.25) is 0 Å². The minimum absolute atomic E-state index is 0.107. The molecule has 3 nitrogen and oxygen atoms in total. The van der Waals surface area contributed by atoms with Gasteiger partial charge >= 0.3 is 5.97 Å². The molecule has 1 aromatic rings. The highest BCUT2D eigenvalue weighted by Crippen LogP contribution is 2.25. The molecule has 0 radical (unpaired) electrons. The first-order chi connectivity index (χ1) is 6.57. The van der Waals surface area contributed by atoms with Gasteiger partial charge in [0, 0.05) is 17.1 Å². The van der Waals surface area contributed by atoms with Crippen molar-refractivity contribution in [3.63, 3.8) is 0 Å². The predicted molar refractivity (Wildman–Crippen MR) is 48.8 cm³/mol. The van der Waals surface area contributed by atoms with Crippen molar-refractivity contribution in [1.29, 1.82) is 0 Å². The lowest BCUT2D eigenvalue weighted by molar-refractivity contribution is 0.0683. The van der Waals surface area contributed by atoms with E-state index in [1.54, 1.807) is 0 Å². The number of alkyl halides is 3. The van der Waals surface area contributed by atoms with E-state index in [0.29, 0.717) is 0 Å². The zero-order valence-electron chi connectivity index (χ0n) is 6.88. The summed E-state index contributed by atoms with van der Waals surface area (Å²) >= 11 is 2.99. The Bertz CT molecular complexity index is 357. The highest BCUT2D eigenvalue weighted by molar-refractivity contribution is 9.08. The molecule has 1 N–H and O–H groups in total. The van der Waals surface area contributed by atoms with Crippen molar-refractivity contribution >= 4 is 21.9 Å². The minimum Gasteiger partial charge on any atom is -0.478 e. The van der Waals surface area contributed by atoms with Crippen LogP contribution in [-0.2, 0) is 5.33 Å². The first kappa shape index (κ1) is 11.0. The van der Waals surface area contributed by atoms with Crippen molar-refractivity contribution in [1.82, 2.24) is 4.98 Å². The molecule has 1 heterocycles. The van der Waals surface area contributed by atoms with Crippen molar-refractivity contribution in [3.05, 3.63) is 29.1 Å². The molecule has 0 spiro atoms. The van der Waals surface area contributed by atoms with Gasteiger partial charge in [0.1, 0.15) is 0 Å². The van der Waals surface area contributed by atoms with Gasteiger partial charge in [-0.3, -0.25) is 4.98 Å². The van der Waals surface area contributed by atoms with Gasteiger partial charge in [0.25, 0.3) is 6.43 Å². The largest absolute Gasteiger partial charge is 0.478 e. The van der Waals surface area contributed by atoms with E-state index in [4.69, 9.17) is 5.11 Å². The topological polar surface area (TPSA) is 50.2 Å². The zero-order valence-corrected chi connectivity index (χ0v) is 8.46. The maximum Gasteiger partial charge on any atom is 0.338 e. The van der Waals surface area contributed by atoms with E-state index >= 15 is 0 Å². The molecule has 0 fully saturated rings. The number of aromatic nitrogens is 1. The van der Waals surface area contributed by atoms with E-state index in [1.165, 1.54) is 6.20 Å². The van der Waals surface area contributed by atoms with Gasteiger partial charge in [0.05, 0.1) is 11.3 Å². The van der Waals surface area contributed by atoms with Gasteiger partial charge < -0.3 is 5.11 Å². The van der Waals surface area contributed by atoms with Crippen LogP contribution in [0.3, 0.4) is 0 Å². The van der Waals surface area contributed by atoms with Gasteiger partial charge in [0.15, 0.2) is 0 Å². The molecule has 0 bridgehead atoms. The van der Waals surface area contributed by atoms with Crippen LogP contribution >= 0.6 is 15.9 Å². The second kappa shape index (κ2) is 4.45. The molecule has 0 unspecified atom stereocenters. The van der Waals surface area contributed by atoms with E-state index in [9.17, 15) is 13.6 Å². The first-order valence-corrected chi connectivity index (χ1v) is 4.75. The van der Waals surface area contributed by atoms with Crippen molar-refractivity contribution in [3.8, 4) is 0 Å². The Morgan fingerprint density at radius 1 is 1.64 bits per heavy atom. The lowest BCUT2D eigenvalue weighted by atomic mass is 10.1. The number of nitrogens with zero attached hydrogens (tertiary/aromatic N) is 1. The Morgan fingerprint density at radius 2 is 2.29 bits per heavy atom. The van der Waals surface area contributed by atoms with Crippen LogP contribution in [0.25, 0.3) is 0 Å². The summed E-state index contributed by atoms with van der Waals surface area (Å²) in [5.74, 6) is -1.39. The lowest BCUT2D eigenvalue weighted by Crippen LogP contribution is -2.08. The molecule has 0 saturated heterocycles. The number of carboxylic acid groups (broad SMARTS) is 1. The van der Waals surface area contributed by atoms with Gasteiger partial charge in [-0.2, -0.15) is 0 Å². The van der Waals surface area contributed by atoms with E-state index in [2.05, 4.69) is 20.9 Å². The molecular weight excluding hydrogens is 260 g/mol. The fourth-order valence-electron chi connectivity index (χ4n) is 1.05. The standard InChI is InChI=1S/C8H6BrF2NO2/c9-3-5-6(8(13)14)4(7(10)11)1-2-12-5/h1-2,7H,3H2,(H,13,14). The molecule has 6 heteroatoms. The molecule has 0 aromatic carbocycles. The zero-order chi connectivity index (χ0) is 10.7. The number of aromatic carboxylic acids is 1. The third-order valence-corrected chi connectivity index (χ3v) is 2.17. The van der Waals surface area contributed by atoms with E-state index in [-0.39, 0.29) is 11.0 Å². The van der Waals surface area contributed by atoms with Crippen molar-refractivity contribution in [2.75, 3.05) is 0 Å². The van der Waals surface area contributed by atoms with Crippen molar-refractivity contribution in [2.24, 2.45) is 0 Å². The van der Waals surface area contributed by atoms with Crippen LogP contribution in [0.5, 0.6) is 0 Å². The summed E-state index contributed by atoms with van der Waals surface area (Å²) in [6.45, 7) is 0. The smallest absolute Gasteiger partial charge is 0.338 e. The molecule has 76 valence electrons. The number of pyridine rings is 1. The molecule has 1 aromatic heterocycles. The Labute approximate surface area is 86.9 Å². The summed E-state index contributed by atoms with van der Waals surface area (Å²) in [7, 11) is 0. The molecule has 0 aliphatic rings. The molecule has 0 atom stereocenters. The molecule has 0 amide bonds. The Hall–Kier alpha value is -1.04. The second-order valence-corrected chi connectivity index (χ2v) is 3.02. The summed E-state index contributed by atoms with van der Waals surface area (Å²) < 4.78 is 24.8. The highest BCUT2D eigenvalue weighted by Gasteiger charge is 2.21. The fraction of sp³-hybridized carbons (Fsp3) is 0.250. The molecule has 0 aliphatic heterocycles. The van der Waals surface area contributed by atoms with Crippen LogP contribution in [0.4, 0.5) is 8.78 Å².